The van der Waals surface area contributed by atoms with Crippen LogP contribution in [0.2, 0.25) is 0 Å². The summed E-state index contributed by atoms with van der Waals surface area (Å²) in [4.78, 5) is 11.6. The second-order valence-electron chi connectivity index (χ2n) is 2.75. The average Bonchev–Trinajstić information content (AvgIpc) is 1.94. The first-order valence-electron chi connectivity index (χ1n) is 3.53. The van der Waals surface area contributed by atoms with Crippen molar-refractivity contribution < 1.29 is 15.0 Å². The first-order chi connectivity index (χ1) is 5.11. The molecule has 0 spiro atoms. The fourth-order valence-electron chi connectivity index (χ4n) is 1.14. The predicted molar refractivity (Wildman–Crippen MR) is 38.2 cm³/mol. The lowest BCUT2D eigenvalue weighted by Gasteiger charge is -2.32. The number of hydrogen-bond acceptors (Lipinski definition) is 3. The van der Waals surface area contributed by atoms with Gasteiger partial charge < -0.3 is 20.8 Å². The van der Waals surface area contributed by atoms with Gasteiger partial charge in [-0.2, -0.15) is 0 Å². The number of carbonyl (C=O) groups is 1. The third-order valence-corrected chi connectivity index (χ3v) is 1.89. The first-order valence-corrected chi connectivity index (χ1v) is 3.53. The quantitative estimate of drug-likeness (QED) is 0.426. The molecule has 0 saturated carbocycles. The smallest absolute Gasteiger partial charge is 0.407 e. The van der Waals surface area contributed by atoms with Crippen LogP contribution in [0.15, 0.2) is 0 Å². The summed E-state index contributed by atoms with van der Waals surface area (Å²) in [6.07, 6.45) is -1.08. The van der Waals surface area contributed by atoms with Gasteiger partial charge in [0.15, 0.2) is 0 Å². The first kappa shape index (κ1) is 8.29. The molecule has 0 bridgehead atoms. The molecule has 1 aliphatic heterocycles. The molecule has 0 aliphatic carbocycles. The van der Waals surface area contributed by atoms with Gasteiger partial charge in [0.1, 0.15) is 0 Å². The number of nitrogens with two attached hydrogens (primary N) is 1. The van der Waals surface area contributed by atoms with Gasteiger partial charge in [-0.3, -0.25) is 0 Å². The highest BCUT2D eigenvalue weighted by Gasteiger charge is 2.26. The summed E-state index contributed by atoms with van der Waals surface area (Å²) in [5, 5.41) is 17.7. The molecule has 1 fully saturated rings. The van der Waals surface area contributed by atoms with Gasteiger partial charge in [0.05, 0.1) is 6.10 Å². The second kappa shape index (κ2) is 3.06. The van der Waals surface area contributed by atoms with Gasteiger partial charge in [-0.1, -0.05) is 0 Å². The number of aliphatic hydroxyl groups excluding tert-OH is 1. The summed E-state index contributed by atoms with van der Waals surface area (Å²) < 4.78 is 0. The lowest BCUT2D eigenvalue weighted by molar-refractivity contribution is 0.0607. The lowest BCUT2D eigenvalue weighted by atomic mass is 10.0. The summed E-state index contributed by atoms with van der Waals surface area (Å²) in [5.74, 6) is 0. The van der Waals surface area contributed by atoms with Crippen LogP contribution in [0.5, 0.6) is 0 Å². The average molecular weight is 160 g/mol. The van der Waals surface area contributed by atoms with Gasteiger partial charge in [0.2, 0.25) is 0 Å². The van der Waals surface area contributed by atoms with Crippen LogP contribution in [0.4, 0.5) is 4.79 Å². The summed E-state index contributed by atoms with van der Waals surface area (Å²) in [6, 6.07) is -0.431. The van der Waals surface area contributed by atoms with Gasteiger partial charge >= 0.3 is 6.09 Å². The number of piperidine rings is 1. The highest BCUT2D eigenvalue weighted by molar-refractivity contribution is 5.65. The largest absolute Gasteiger partial charge is 0.465 e. The highest BCUT2D eigenvalue weighted by atomic mass is 16.4. The van der Waals surface area contributed by atoms with Crippen molar-refractivity contribution in [2.75, 3.05) is 13.1 Å². The molecule has 5 nitrogen and oxygen atoms in total. The minimum Gasteiger partial charge on any atom is -0.465 e. The van der Waals surface area contributed by atoms with Crippen LogP contribution >= 0.6 is 0 Å². The van der Waals surface area contributed by atoms with E-state index in [0.717, 1.165) is 0 Å². The molecule has 11 heavy (non-hydrogen) atoms. The molecular weight excluding hydrogens is 148 g/mol. The molecule has 64 valence electrons. The maximum Gasteiger partial charge on any atom is 0.407 e. The molecule has 1 saturated heterocycles. The van der Waals surface area contributed by atoms with Crippen LogP contribution in [0, 0.1) is 0 Å². The van der Waals surface area contributed by atoms with Gasteiger partial charge in [-0.25, -0.2) is 4.79 Å². The van der Waals surface area contributed by atoms with E-state index in [9.17, 15) is 4.79 Å². The number of carboxylic acid groups (broad SMARTS) is 1. The number of likely N-dealkylation sites (tertiary alicyclic amines) is 1. The van der Waals surface area contributed by atoms with Gasteiger partial charge in [0, 0.05) is 19.1 Å². The standard InChI is InChI=1S/C6H12N2O3/c7-4-3-8(6(10)11)2-1-5(4)9/h4-5,9H,1-3,7H2,(H,10,11)/t4-,5+/m1/s1. The second-order valence-corrected chi connectivity index (χ2v) is 2.75. The topological polar surface area (TPSA) is 86.8 Å². The zero-order valence-electron chi connectivity index (χ0n) is 6.10. The molecule has 0 unspecified atom stereocenters. The summed E-state index contributed by atoms with van der Waals surface area (Å²) in [7, 11) is 0. The number of aliphatic hydroxyl groups is 1. The summed E-state index contributed by atoms with van der Waals surface area (Å²) in [5.41, 5.74) is 5.45. The fourth-order valence-corrected chi connectivity index (χ4v) is 1.14. The van der Waals surface area contributed by atoms with Crippen molar-refractivity contribution in [1.29, 1.82) is 0 Å². The van der Waals surface area contributed by atoms with Crippen LogP contribution in [-0.2, 0) is 0 Å². The van der Waals surface area contributed by atoms with Crippen molar-refractivity contribution in [2.24, 2.45) is 5.73 Å². The Kier molecular flexibility index (Phi) is 2.31. The molecule has 1 rings (SSSR count). The van der Waals surface area contributed by atoms with Gasteiger partial charge in [-0.15, -0.1) is 0 Å². The normalized spacial score (nSPS) is 32.0. The van der Waals surface area contributed by atoms with E-state index in [-0.39, 0.29) is 6.54 Å². The van der Waals surface area contributed by atoms with E-state index in [0.29, 0.717) is 13.0 Å². The Morgan fingerprint density at radius 2 is 2.27 bits per heavy atom. The molecular formula is C6H12N2O3. The summed E-state index contributed by atoms with van der Waals surface area (Å²) >= 11 is 0. The van der Waals surface area contributed by atoms with Gasteiger partial charge in [0.25, 0.3) is 0 Å². The van der Waals surface area contributed by atoms with Crippen LogP contribution in [0.1, 0.15) is 6.42 Å². The number of nitrogens with zero attached hydrogens (tertiary/aromatic N) is 1. The maximum atomic E-state index is 10.4. The van der Waals surface area contributed by atoms with Crippen molar-refractivity contribution in [3.05, 3.63) is 0 Å². The molecule has 5 heteroatoms. The zero-order chi connectivity index (χ0) is 8.43. The molecule has 2 atom stereocenters. The summed E-state index contributed by atoms with van der Waals surface area (Å²) in [6.45, 7) is 0.612. The monoisotopic (exact) mass is 160 g/mol. The molecule has 0 aromatic carbocycles. The minimum atomic E-state index is -0.965. The van der Waals surface area contributed by atoms with E-state index in [1.165, 1.54) is 4.90 Å². The third kappa shape index (κ3) is 1.81. The maximum absolute atomic E-state index is 10.4. The highest BCUT2D eigenvalue weighted by Crippen LogP contribution is 2.08. The number of amides is 1. The Morgan fingerprint density at radius 3 is 2.73 bits per heavy atom. The molecule has 4 N–H and O–H groups in total. The molecule has 0 radical (unpaired) electrons. The van der Waals surface area contributed by atoms with Crippen molar-refractivity contribution in [3.63, 3.8) is 0 Å². The van der Waals surface area contributed by atoms with Crippen molar-refractivity contribution in [3.8, 4) is 0 Å². The third-order valence-electron chi connectivity index (χ3n) is 1.89. The molecule has 1 heterocycles. The Morgan fingerprint density at radius 1 is 1.64 bits per heavy atom. The van der Waals surface area contributed by atoms with Crippen LogP contribution in [-0.4, -0.2) is 46.4 Å². The van der Waals surface area contributed by atoms with E-state index in [2.05, 4.69) is 0 Å². The van der Waals surface area contributed by atoms with E-state index in [4.69, 9.17) is 15.9 Å². The van der Waals surface area contributed by atoms with Crippen LogP contribution in [0.3, 0.4) is 0 Å². The molecule has 0 aromatic rings. The van der Waals surface area contributed by atoms with E-state index in [1.807, 2.05) is 0 Å². The Balaban J connectivity index is 2.46. The predicted octanol–water partition coefficient (Wildman–Crippen LogP) is -0.942. The van der Waals surface area contributed by atoms with Crippen LogP contribution in [0.25, 0.3) is 0 Å². The molecule has 1 amide bonds. The van der Waals surface area contributed by atoms with E-state index < -0.39 is 18.2 Å². The number of rotatable bonds is 0. The Labute approximate surface area is 64.4 Å². The van der Waals surface area contributed by atoms with Gasteiger partial charge in [-0.05, 0) is 6.42 Å². The SMILES string of the molecule is N[C@@H]1CN(C(=O)O)CC[C@@H]1O. The fraction of sp³-hybridized carbons (Fsp3) is 0.833. The van der Waals surface area contributed by atoms with Crippen molar-refractivity contribution in [2.45, 2.75) is 18.6 Å². The Bertz CT molecular complexity index is 162. The Hall–Kier alpha value is -0.810. The van der Waals surface area contributed by atoms with Crippen molar-refractivity contribution >= 4 is 6.09 Å². The van der Waals surface area contributed by atoms with E-state index >= 15 is 0 Å². The zero-order valence-corrected chi connectivity index (χ0v) is 6.10. The molecule has 1 aliphatic rings. The minimum absolute atomic E-state index is 0.233. The number of hydrogen-bond donors (Lipinski definition) is 3. The van der Waals surface area contributed by atoms with Crippen LogP contribution < -0.4 is 5.73 Å². The van der Waals surface area contributed by atoms with Crippen molar-refractivity contribution in [1.82, 2.24) is 4.90 Å². The van der Waals surface area contributed by atoms with E-state index in [1.54, 1.807) is 0 Å². The lowest BCUT2D eigenvalue weighted by Crippen LogP contribution is -2.52. The molecule has 0 aromatic heterocycles.